The molecule has 412 valence electrons. The number of carbonyl (C=O) groups excluding carboxylic acids is 1. The zero-order valence-corrected chi connectivity index (χ0v) is 44.6. The summed E-state index contributed by atoms with van der Waals surface area (Å²) < 4.78 is 76.4. The van der Waals surface area contributed by atoms with E-state index < -0.39 is 67.4 Å². The molecule has 12 heteroatoms. The second-order valence-electron chi connectivity index (χ2n) is 19.8. The molecule has 12 nitrogen and oxygen atoms in total. The van der Waals surface area contributed by atoms with Gasteiger partial charge in [0.25, 0.3) is 0 Å². The van der Waals surface area contributed by atoms with Crippen LogP contribution in [0.3, 0.4) is 0 Å². The fourth-order valence-electron chi connectivity index (χ4n) is 9.76. The smallest absolute Gasteiger partial charge is 0.338 e. The molecule has 2 fully saturated rings. The fraction of sp³-hybridized carbons (Fsp3) is 0.279. The first-order valence-electron chi connectivity index (χ1n) is 27.3. The summed E-state index contributed by atoms with van der Waals surface area (Å²) >= 11 is 0. The van der Waals surface area contributed by atoms with Gasteiger partial charge in [-0.2, -0.15) is 0 Å². The molecule has 10 rings (SSSR count). The summed E-state index contributed by atoms with van der Waals surface area (Å²) in [6, 6.07) is 78.6. The lowest BCUT2D eigenvalue weighted by molar-refractivity contribution is -0.381. The summed E-state index contributed by atoms with van der Waals surface area (Å²) in [5.41, 5.74) is 7.24. The quantitative estimate of drug-likeness (QED) is 0.0456. The van der Waals surface area contributed by atoms with E-state index in [4.69, 9.17) is 52.1 Å². The Morgan fingerprint density at radius 2 is 0.613 bits per heavy atom. The van der Waals surface area contributed by atoms with Crippen molar-refractivity contribution >= 4 is 5.97 Å². The first-order chi connectivity index (χ1) is 39.6. The zero-order valence-electron chi connectivity index (χ0n) is 44.6. The molecule has 0 aromatic heterocycles. The van der Waals surface area contributed by atoms with Gasteiger partial charge in [-0.3, -0.25) is 0 Å². The van der Waals surface area contributed by atoms with Crippen LogP contribution in [0.15, 0.2) is 243 Å². The fourth-order valence-corrected chi connectivity index (χ4v) is 9.76. The van der Waals surface area contributed by atoms with Gasteiger partial charge in [0.05, 0.1) is 52.9 Å². The Morgan fingerprint density at radius 1 is 0.300 bits per heavy atom. The van der Waals surface area contributed by atoms with Gasteiger partial charge < -0.3 is 52.1 Å². The lowest BCUT2D eigenvalue weighted by Crippen LogP contribution is -2.67. The molecule has 80 heavy (non-hydrogen) atoms. The molecule has 0 spiro atoms. The van der Waals surface area contributed by atoms with Crippen molar-refractivity contribution in [1.29, 1.82) is 0 Å². The molecule has 0 N–H and O–H groups in total. The third-order valence-electron chi connectivity index (χ3n) is 13.9. The van der Waals surface area contributed by atoms with Crippen molar-refractivity contribution in [3.8, 4) is 0 Å². The summed E-state index contributed by atoms with van der Waals surface area (Å²) in [7, 11) is 0. The van der Waals surface area contributed by atoms with Crippen LogP contribution in [0, 0.1) is 0 Å². The Balaban J connectivity index is 1.07. The summed E-state index contributed by atoms with van der Waals surface area (Å²) in [6.07, 6.45) is -10.6. The Kier molecular flexibility index (Phi) is 21.0. The maximum Gasteiger partial charge on any atom is 0.338 e. The summed E-state index contributed by atoms with van der Waals surface area (Å²) in [5, 5.41) is 0. The number of hydrogen-bond acceptors (Lipinski definition) is 12. The predicted octanol–water partition coefficient (Wildman–Crippen LogP) is 11.9. The molecule has 8 aromatic rings. The van der Waals surface area contributed by atoms with Crippen LogP contribution in [0.5, 0.6) is 0 Å². The lowest BCUT2D eigenvalue weighted by atomic mass is 9.95. The molecular weight excluding hydrogens is 1010 g/mol. The molecule has 10 atom stereocenters. The third-order valence-corrected chi connectivity index (χ3v) is 13.9. The Bertz CT molecular complexity index is 2980. The normalized spacial score (nSPS) is 22.8. The van der Waals surface area contributed by atoms with E-state index in [2.05, 4.69) is 0 Å². The van der Waals surface area contributed by atoms with Crippen molar-refractivity contribution in [2.75, 3.05) is 6.61 Å². The zero-order chi connectivity index (χ0) is 54.4. The SMILES string of the molecule is O=C(OCc1ccccc1)[C@H]1O[C@@H](O[C@H]2[C@H](OCc3ccccc3)O[C@H](COCc3ccccc3)[C@@H](OCc3ccccc3)[C@@H]2OCc2ccccc2)[C@H](OCc2ccccc2)[C@@H](OCc2ccccc2)[C@@H]1OCc1ccccc1. The van der Waals surface area contributed by atoms with E-state index in [1.54, 1.807) is 0 Å². The number of rotatable bonds is 27. The number of ether oxygens (including phenoxy) is 11. The number of benzene rings is 8. The number of carbonyl (C=O) groups is 1. The topological polar surface area (TPSA) is 119 Å². The standard InChI is InChI=1S/C68H68O12/c69-66(76-47-56-37-21-7-22-38-56)63-61(73-44-53-31-15-4-16-32-53)62(74-45-54-33-17-5-18-34-54)64(75-46-55-35-19-6-20-36-55)68(79-63)80-65-60(72-43-52-29-13-3-14-30-52)59(71-42-51-27-11-2-12-28-51)58(49-70-41-50-25-9-1-10-26-50)78-67(65)77-48-57-39-23-8-24-40-57/h1-40,58-65,67-68H,41-49H2/t58-,59-,60+,61+,62+,63+,64-,65-,67-,68+/m1/s1. The van der Waals surface area contributed by atoms with Gasteiger partial charge in [-0.15, -0.1) is 0 Å². The van der Waals surface area contributed by atoms with E-state index in [0.717, 1.165) is 44.5 Å². The van der Waals surface area contributed by atoms with Crippen LogP contribution in [0.4, 0.5) is 0 Å². The Labute approximate surface area is 469 Å². The highest BCUT2D eigenvalue weighted by atomic mass is 16.8. The molecule has 0 bridgehead atoms. The monoisotopic (exact) mass is 1080 g/mol. The van der Waals surface area contributed by atoms with Crippen LogP contribution in [0.2, 0.25) is 0 Å². The molecule has 0 aliphatic carbocycles. The first kappa shape index (κ1) is 56.1. The van der Waals surface area contributed by atoms with E-state index in [-0.39, 0.29) is 52.9 Å². The van der Waals surface area contributed by atoms with Gasteiger partial charge in [-0.05, 0) is 44.5 Å². The maximum atomic E-state index is 15.0. The van der Waals surface area contributed by atoms with Gasteiger partial charge in [0.1, 0.15) is 49.3 Å². The van der Waals surface area contributed by atoms with Crippen LogP contribution < -0.4 is 0 Å². The number of esters is 1. The average molecular weight is 1080 g/mol. The van der Waals surface area contributed by atoms with Gasteiger partial charge >= 0.3 is 5.97 Å². The van der Waals surface area contributed by atoms with Gasteiger partial charge in [0.2, 0.25) is 0 Å². The van der Waals surface area contributed by atoms with Crippen LogP contribution in [0.1, 0.15) is 44.5 Å². The van der Waals surface area contributed by atoms with E-state index in [0.29, 0.717) is 6.61 Å². The molecule has 2 heterocycles. The maximum absolute atomic E-state index is 15.0. The van der Waals surface area contributed by atoms with Crippen LogP contribution >= 0.6 is 0 Å². The van der Waals surface area contributed by atoms with Crippen molar-refractivity contribution in [2.45, 2.75) is 114 Å². The molecule has 8 aromatic carbocycles. The van der Waals surface area contributed by atoms with E-state index in [1.165, 1.54) is 0 Å². The molecular formula is C68H68O12. The summed E-state index contributed by atoms with van der Waals surface area (Å²) in [6.45, 7) is 1.34. The van der Waals surface area contributed by atoms with E-state index in [9.17, 15) is 0 Å². The van der Waals surface area contributed by atoms with Gasteiger partial charge in [-0.1, -0.05) is 243 Å². The molecule has 0 radical (unpaired) electrons. The summed E-state index contributed by atoms with van der Waals surface area (Å²) in [5.74, 6) is -0.677. The van der Waals surface area contributed by atoms with Gasteiger partial charge in [0.15, 0.2) is 18.7 Å². The summed E-state index contributed by atoms with van der Waals surface area (Å²) in [4.78, 5) is 15.0. The van der Waals surface area contributed by atoms with Crippen molar-refractivity contribution in [1.82, 2.24) is 0 Å². The largest absolute Gasteiger partial charge is 0.459 e. The molecule has 0 unspecified atom stereocenters. The Morgan fingerprint density at radius 3 is 1.01 bits per heavy atom. The molecule has 0 amide bonds. The van der Waals surface area contributed by atoms with Crippen molar-refractivity contribution in [2.24, 2.45) is 0 Å². The molecule has 2 aliphatic rings. The first-order valence-corrected chi connectivity index (χ1v) is 27.3. The highest BCUT2D eigenvalue weighted by Gasteiger charge is 2.56. The van der Waals surface area contributed by atoms with Crippen molar-refractivity contribution in [3.63, 3.8) is 0 Å². The van der Waals surface area contributed by atoms with Crippen molar-refractivity contribution < 1.29 is 56.9 Å². The van der Waals surface area contributed by atoms with Crippen LogP contribution in [-0.4, -0.2) is 74.0 Å². The second kappa shape index (κ2) is 29.9. The molecule has 0 saturated carbocycles. The van der Waals surface area contributed by atoms with Crippen LogP contribution in [0.25, 0.3) is 0 Å². The van der Waals surface area contributed by atoms with E-state index in [1.807, 2.05) is 243 Å². The minimum Gasteiger partial charge on any atom is -0.459 e. The molecule has 2 saturated heterocycles. The Hall–Kier alpha value is -7.17. The van der Waals surface area contributed by atoms with Gasteiger partial charge in [0, 0.05) is 0 Å². The third kappa shape index (κ3) is 16.2. The second-order valence-corrected chi connectivity index (χ2v) is 19.8. The lowest BCUT2D eigenvalue weighted by Gasteiger charge is -2.49. The minimum absolute atomic E-state index is 0.0185. The van der Waals surface area contributed by atoms with E-state index >= 15 is 4.79 Å². The highest BCUT2D eigenvalue weighted by Crippen LogP contribution is 2.37. The molecule has 2 aliphatic heterocycles. The van der Waals surface area contributed by atoms with Crippen LogP contribution in [-0.2, 0) is 110 Å². The van der Waals surface area contributed by atoms with Crippen molar-refractivity contribution in [3.05, 3.63) is 287 Å². The predicted molar refractivity (Wildman–Crippen MR) is 301 cm³/mol. The minimum atomic E-state index is -1.40. The van der Waals surface area contributed by atoms with Gasteiger partial charge in [-0.25, -0.2) is 4.79 Å². The average Bonchev–Trinajstić information content (AvgIpc) is 3.70. The highest BCUT2D eigenvalue weighted by molar-refractivity contribution is 5.76. The number of hydrogen-bond donors (Lipinski definition) is 0.